The molecule has 1 aromatic heterocycles. The second-order valence-corrected chi connectivity index (χ2v) is 9.03. The summed E-state index contributed by atoms with van der Waals surface area (Å²) in [4.78, 5) is 39.1. The Balaban J connectivity index is 1.94. The quantitative estimate of drug-likeness (QED) is 0.474. The van der Waals surface area contributed by atoms with E-state index in [2.05, 4.69) is 5.32 Å². The summed E-state index contributed by atoms with van der Waals surface area (Å²) in [6.45, 7) is 3.48. The molecule has 2 aromatic rings. The van der Waals surface area contributed by atoms with Crippen LogP contribution in [0.4, 0.5) is 5.00 Å². The number of carbonyl (C=O) groups is 3. The summed E-state index contributed by atoms with van der Waals surface area (Å²) in [5.74, 6) is -0.693. The van der Waals surface area contributed by atoms with E-state index in [-0.39, 0.29) is 33.7 Å². The topological polar surface area (TPSA) is 109 Å². The smallest absolute Gasteiger partial charge is 0.348 e. The Hall–Kier alpha value is -3.27. The number of thiophene rings is 1. The highest BCUT2D eigenvalue weighted by atomic mass is 32.1. The van der Waals surface area contributed by atoms with Crippen molar-refractivity contribution < 1.29 is 38.1 Å². The Morgan fingerprint density at radius 2 is 1.60 bits per heavy atom. The number of hydrogen-bond donors (Lipinski definition) is 1. The molecule has 0 bridgehead atoms. The summed E-state index contributed by atoms with van der Waals surface area (Å²) < 4.78 is 26.8. The first-order valence-corrected chi connectivity index (χ1v) is 12.3. The third kappa shape index (κ3) is 5.87. The van der Waals surface area contributed by atoms with Gasteiger partial charge in [0.2, 0.25) is 5.75 Å². The van der Waals surface area contributed by atoms with Gasteiger partial charge in [0, 0.05) is 5.56 Å². The Morgan fingerprint density at radius 1 is 0.971 bits per heavy atom. The lowest BCUT2D eigenvalue weighted by molar-refractivity contribution is 0.0216. The molecule has 1 saturated carbocycles. The Labute approximate surface area is 208 Å². The minimum Gasteiger partial charge on any atom is -0.493 e. The summed E-state index contributed by atoms with van der Waals surface area (Å²) in [7, 11) is 4.36. The fraction of sp³-hybridized carbons (Fsp3) is 0.480. The van der Waals surface area contributed by atoms with Crippen LogP contribution in [0.1, 0.15) is 75.0 Å². The summed E-state index contributed by atoms with van der Waals surface area (Å²) in [6, 6.07) is 3.00. The molecule has 190 valence electrons. The van der Waals surface area contributed by atoms with E-state index in [9.17, 15) is 14.4 Å². The number of rotatable bonds is 9. The van der Waals surface area contributed by atoms with Crippen LogP contribution in [0.25, 0.3) is 0 Å². The molecule has 1 fully saturated rings. The highest BCUT2D eigenvalue weighted by Crippen LogP contribution is 2.39. The van der Waals surface area contributed by atoms with Gasteiger partial charge in [-0.05, 0) is 57.2 Å². The molecule has 0 spiro atoms. The number of nitrogens with one attached hydrogen (secondary N) is 1. The molecule has 1 aromatic carbocycles. The molecule has 0 aliphatic heterocycles. The Bertz CT molecular complexity index is 1060. The highest BCUT2D eigenvalue weighted by molar-refractivity contribution is 7.18. The lowest BCUT2D eigenvalue weighted by Gasteiger charge is -2.21. The van der Waals surface area contributed by atoms with Gasteiger partial charge in [-0.25, -0.2) is 9.59 Å². The maximum absolute atomic E-state index is 13.2. The summed E-state index contributed by atoms with van der Waals surface area (Å²) in [6.07, 6.45) is 4.69. The lowest BCUT2D eigenvalue weighted by Crippen LogP contribution is -2.21. The summed E-state index contributed by atoms with van der Waals surface area (Å²) in [5.41, 5.74) is 0.759. The molecule has 3 rings (SSSR count). The predicted molar refractivity (Wildman–Crippen MR) is 131 cm³/mol. The first-order chi connectivity index (χ1) is 16.8. The van der Waals surface area contributed by atoms with E-state index in [0.717, 1.165) is 43.4 Å². The van der Waals surface area contributed by atoms with Crippen LogP contribution in [0.15, 0.2) is 12.1 Å². The van der Waals surface area contributed by atoms with Crippen molar-refractivity contribution in [2.45, 2.75) is 52.1 Å². The van der Waals surface area contributed by atoms with Crippen molar-refractivity contribution in [1.82, 2.24) is 0 Å². The Kier molecular flexibility index (Phi) is 8.97. The second-order valence-electron chi connectivity index (χ2n) is 8.01. The van der Waals surface area contributed by atoms with E-state index in [4.69, 9.17) is 23.7 Å². The molecular formula is C25H31NO8S. The van der Waals surface area contributed by atoms with Crippen LogP contribution in [0, 0.1) is 6.92 Å². The zero-order valence-electron chi connectivity index (χ0n) is 20.6. The van der Waals surface area contributed by atoms with Gasteiger partial charge in [0.15, 0.2) is 11.5 Å². The van der Waals surface area contributed by atoms with Gasteiger partial charge in [0.25, 0.3) is 5.91 Å². The SMILES string of the molecule is CCOC(=O)c1c(NC(=O)c2cc(OC)c(OC)c(OC)c2)sc(C(=O)OC2CCCCC2)c1C. The first kappa shape index (κ1) is 26.3. The third-order valence-corrected chi connectivity index (χ3v) is 6.98. The van der Waals surface area contributed by atoms with Crippen molar-refractivity contribution in [3.05, 3.63) is 33.7 Å². The van der Waals surface area contributed by atoms with Crippen LogP contribution in [0.5, 0.6) is 17.2 Å². The highest BCUT2D eigenvalue weighted by Gasteiger charge is 2.29. The van der Waals surface area contributed by atoms with Gasteiger partial charge in [0.1, 0.15) is 16.0 Å². The van der Waals surface area contributed by atoms with Gasteiger partial charge in [-0.15, -0.1) is 11.3 Å². The van der Waals surface area contributed by atoms with E-state index >= 15 is 0 Å². The maximum atomic E-state index is 13.2. The number of hydrogen-bond acceptors (Lipinski definition) is 9. The molecule has 1 aliphatic rings. The molecule has 0 saturated heterocycles. The van der Waals surface area contributed by atoms with Crippen LogP contribution < -0.4 is 19.5 Å². The number of benzene rings is 1. The monoisotopic (exact) mass is 505 g/mol. The van der Waals surface area contributed by atoms with Crippen molar-refractivity contribution in [3.8, 4) is 17.2 Å². The van der Waals surface area contributed by atoms with E-state index in [0.29, 0.717) is 22.8 Å². The van der Waals surface area contributed by atoms with Crippen molar-refractivity contribution in [3.63, 3.8) is 0 Å². The largest absolute Gasteiger partial charge is 0.493 e. The number of methoxy groups -OCH3 is 3. The number of carbonyl (C=O) groups excluding carboxylic acids is 3. The van der Waals surface area contributed by atoms with Gasteiger partial charge in [0.05, 0.1) is 33.5 Å². The molecule has 35 heavy (non-hydrogen) atoms. The number of anilines is 1. The third-order valence-electron chi connectivity index (χ3n) is 5.79. The zero-order chi connectivity index (χ0) is 25.5. The summed E-state index contributed by atoms with van der Waals surface area (Å²) >= 11 is 0.993. The van der Waals surface area contributed by atoms with E-state index in [1.165, 1.54) is 33.5 Å². The number of ether oxygens (including phenoxy) is 5. The van der Waals surface area contributed by atoms with Crippen molar-refractivity contribution in [1.29, 1.82) is 0 Å². The lowest BCUT2D eigenvalue weighted by atomic mass is 9.98. The van der Waals surface area contributed by atoms with E-state index in [1.807, 2.05) is 0 Å². The molecule has 0 atom stereocenters. The van der Waals surface area contributed by atoms with Crippen LogP contribution >= 0.6 is 11.3 Å². The van der Waals surface area contributed by atoms with Crippen molar-refractivity contribution in [2.75, 3.05) is 33.3 Å². The Morgan fingerprint density at radius 3 is 2.14 bits per heavy atom. The molecule has 0 radical (unpaired) electrons. The fourth-order valence-electron chi connectivity index (χ4n) is 4.02. The molecule has 1 heterocycles. The average Bonchev–Trinajstić information content (AvgIpc) is 3.19. The van der Waals surface area contributed by atoms with Gasteiger partial charge in [-0.3, -0.25) is 4.79 Å². The van der Waals surface area contributed by atoms with Gasteiger partial charge in [-0.2, -0.15) is 0 Å². The number of amides is 1. The minimum absolute atomic E-state index is 0.133. The van der Waals surface area contributed by atoms with E-state index < -0.39 is 17.8 Å². The average molecular weight is 506 g/mol. The van der Waals surface area contributed by atoms with E-state index in [1.54, 1.807) is 13.8 Å². The predicted octanol–water partition coefficient (Wildman–Crippen LogP) is 5.00. The van der Waals surface area contributed by atoms with Crippen molar-refractivity contribution in [2.24, 2.45) is 0 Å². The maximum Gasteiger partial charge on any atom is 0.348 e. The normalized spacial score (nSPS) is 13.6. The number of esters is 2. The van der Waals surface area contributed by atoms with Crippen LogP contribution in [0.3, 0.4) is 0 Å². The standard InChI is InChI=1S/C25H31NO8S/c1-6-33-24(28)19-14(2)21(25(29)34-16-10-8-7-9-11-16)35-23(19)26-22(27)15-12-17(30-3)20(32-5)18(13-15)31-4/h12-13,16H,6-11H2,1-5H3,(H,26,27). The molecule has 1 N–H and O–H groups in total. The molecule has 1 amide bonds. The molecule has 0 unspecified atom stereocenters. The van der Waals surface area contributed by atoms with Crippen LogP contribution in [0.2, 0.25) is 0 Å². The van der Waals surface area contributed by atoms with Crippen molar-refractivity contribution >= 4 is 34.2 Å². The van der Waals surface area contributed by atoms with Crippen LogP contribution in [-0.4, -0.2) is 51.9 Å². The molecule has 9 nitrogen and oxygen atoms in total. The first-order valence-electron chi connectivity index (χ1n) is 11.5. The second kappa shape index (κ2) is 11.9. The van der Waals surface area contributed by atoms with Crippen LogP contribution in [-0.2, 0) is 9.47 Å². The van der Waals surface area contributed by atoms with Gasteiger partial charge in [-0.1, -0.05) is 6.42 Å². The molecule has 10 heteroatoms. The fourth-order valence-corrected chi connectivity index (χ4v) is 5.09. The van der Waals surface area contributed by atoms with Gasteiger partial charge < -0.3 is 29.0 Å². The minimum atomic E-state index is -0.627. The van der Waals surface area contributed by atoms with Gasteiger partial charge >= 0.3 is 11.9 Å². The summed E-state index contributed by atoms with van der Waals surface area (Å²) in [5, 5.41) is 2.95. The zero-order valence-corrected chi connectivity index (χ0v) is 21.5. The molecule has 1 aliphatic carbocycles. The molecular weight excluding hydrogens is 474 g/mol.